The Morgan fingerprint density at radius 2 is 2.15 bits per heavy atom. The Balaban J connectivity index is 1.67. The second-order valence-corrected chi connectivity index (χ2v) is 5.11. The van der Waals surface area contributed by atoms with Gasteiger partial charge >= 0.3 is 0 Å². The number of aromatic nitrogens is 1. The lowest BCUT2D eigenvalue weighted by molar-refractivity contribution is -0.126. The molecular formula is C15H13ClN2O2. The zero-order valence-corrected chi connectivity index (χ0v) is 11.5. The van der Waals surface area contributed by atoms with Gasteiger partial charge in [-0.1, -0.05) is 28.9 Å². The summed E-state index contributed by atoms with van der Waals surface area (Å²) in [5.74, 6) is 0.877. The van der Waals surface area contributed by atoms with Gasteiger partial charge < -0.3 is 9.42 Å². The van der Waals surface area contributed by atoms with E-state index >= 15 is 0 Å². The Labute approximate surface area is 121 Å². The zero-order chi connectivity index (χ0) is 13.9. The van der Waals surface area contributed by atoms with E-state index in [9.17, 15) is 4.79 Å². The molecule has 1 aromatic carbocycles. The summed E-state index contributed by atoms with van der Waals surface area (Å²) in [6.07, 6.45) is 5.77. The van der Waals surface area contributed by atoms with E-state index < -0.39 is 0 Å². The molecule has 4 nitrogen and oxygen atoms in total. The van der Waals surface area contributed by atoms with Gasteiger partial charge in [-0.25, -0.2) is 0 Å². The topological polar surface area (TPSA) is 46.3 Å². The number of rotatable bonds is 2. The van der Waals surface area contributed by atoms with Crippen LogP contribution >= 0.6 is 11.6 Å². The SMILES string of the molecule is O=C(/C=C/c1ccc(Cl)cc1)N1CCc2oncc2C1. The van der Waals surface area contributed by atoms with Crippen molar-refractivity contribution >= 4 is 23.6 Å². The number of nitrogens with zero attached hydrogens (tertiary/aromatic N) is 2. The number of fused-ring (bicyclic) bond motifs is 1. The minimum atomic E-state index is -0.00759. The first-order chi connectivity index (χ1) is 9.72. The quantitative estimate of drug-likeness (QED) is 0.798. The maximum atomic E-state index is 12.1. The molecule has 0 aliphatic carbocycles. The van der Waals surface area contributed by atoms with Crippen LogP contribution in [0.15, 0.2) is 41.1 Å². The molecule has 2 heterocycles. The summed E-state index contributed by atoms with van der Waals surface area (Å²) in [6, 6.07) is 7.35. The molecule has 0 saturated heterocycles. The second-order valence-electron chi connectivity index (χ2n) is 4.67. The Morgan fingerprint density at radius 3 is 2.95 bits per heavy atom. The van der Waals surface area contributed by atoms with Gasteiger partial charge in [0.25, 0.3) is 0 Å². The lowest BCUT2D eigenvalue weighted by atomic mass is 10.1. The number of halogens is 1. The average Bonchev–Trinajstić information content (AvgIpc) is 2.93. The fraction of sp³-hybridized carbons (Fsp3) is 0.200. The number of carbonyl (C=O) groups is 1. The number of amides is 1. The van der Waals surface area contributed by atoms with Gasteiger partial charge in [0.1, 0.15) is 5.76 Å². The highest BCUT2D eigenvalue weighted by molar-refractivity contribution is 6.30. The molecule has 5 heteroatoms. The monoisotopic (exact) mass is 288 g/mol. The van der Waals surface area contributed by atoms with Crippen LogP contribution in [0.3, 0.4) is 0 Å². The molecule has 0 saturated carbocycles. The number of hydrogen-bond donors (Lipinski definition) is 0. The summed E-state index contributed by atoms with van der Waals surface area (Å²) in [4.78, 5) is 13.9. The minimum Gasteiger partial charge on any atom is -0.361 e. The van der Waals surface area contributed by atoms with Crippen molar-refractivity contribution in [1.82, 2.24) is 10.1 Å². The molecule has 1 amide bonds. The van der Waals surface area contributed by atoms with Crippen molar-refractivity contribution < 1.29 is 9.32 Å². The highest BCUT2D eigenvalue weighted by atomic mass is 35.5. The largest absolute Gasteiger partial charge is 0.361 e. The van der Waals surface area contributed by atoms with Crippen LogP contribution in [0.1, 0.15) is 16.9 Å². The molecule has 2 aromatic rings. The van der Waals surface area contributed by atoms with Gasteiger partial charge in [0, 0.05) is 29.6 Å². The molecule has 0 spiro atoms. The van der Waals surface area contributed by atoms with Crippen molar-refractivity contribution in [1.29, 1.82) is 0 Å². The van der Waals surface area contributed by atoms with Crippen LogP contribution in [0.5, 0.6) is 0 Å². The standard InChI is InChI=1S/C15H13ClN2O2/c16-13-4-1-11(2-5-13)3-6-15(19)18-8-7-14-12(10-18)9-17-20-14/h1-6,9H,7-8,10H2/b6-3+. The summed E-state index contributed by atoms with van der Waals surface area (Å²) in [6.45, 7) is 1.22. The first kappa shape index (κ1) is 12.9. The van der Waals surface area contributed by atoms with Crippen molar-refractivity contribution in [3.05, 3.63) is 58.4 Å². The molecule has 0 atom stereocenters. The van der Waals surface area contributed by atoms with Crippen molar-refractivity contribution in [3.8, 4) is 0 Å². The molecule has 0 unspecified atom stereocenters. The molecule has 102 valence electrons. The molecule has 20 heavy (non-hydrogen) atoms. The van der Waals surface area contributed by atoms with E-state index in [1.165, 1.54) is 0 Å². The summed E-state index contributed by atoms with van der Waals surface area (Å²) < 4.78 is 5.11. The Hall–Kier alpha value is -2.07. The van der Waals surface area contributed by atoms with Crippen LogP contribution in [-0.4, -0.2) is 22.5 Å². The van der Waals surface area contributed by atoms with Gasteiger partial charge in [0.2, 0.25) is 5.91 Å². The Kier molecular flexibility index (Phi) is 3.56. The summed E-state index contributed by atoms with van der Waals surface area (Å²) in [5, 5.41) is 4.44. The van der Waals surface area contributed by atoms with Crippen LogP contribution in [0.4, 0.5) is 0 Å². The van der Waals surface area contributed by atoms with E-state index in [1.54, 1.807) is 35.4 Å². The zero-order valence-electron chi connectivity index (χ0n) is 10.8. The highest BCUT2D eigenvalue weighted by Gasteiger charge is 2.21. The highest BCUT2D eigenvalue weighted by Crippen LogP contribution is 2.18. The predicted octanol–water partition coefficient (Wildman–Crippen LogP) is 2.93. The average molecular weight is 289 g/mol. The molecular weight excluding hydrogens is 276 g/mol. The van der Waals surface area contributed by atoms with Gasteiger partial charge in [0.05, 0.1) is 12.7 Å². The van der Waals surface area contributed by atoms with Gasteiger partial charge in [-0.15, -0.1) is 0 Å². The number of hydrogen-bond acceptors (Lipinski definition) is 3. The summed E-state index contributed by atoms with van der Waals surface area (Å²) in [5.41, 5.74) is 1.94. The van der Waals surface area contributed by atoms with Crippen molar-refractivity contribution in [2.75, 3.05) is 6.54 Å². The predicted molar refractivity (Wildman–Crippen MR) is 76.1 cm³/mol. The molecule has 0 bridgehead atoms. The first-order valence-corrected chi connectivity index (χ1v) is 6.75. The molecule has 1 aliphatic heterocycles. The third kappa shape index (κ3) is 2.75. The normalized spacial score (nSPS) is 14.6. The van der Waals surface area contributed by atoms with Gasteiger partial charge in [-0.2, -0.15) is 0 Å². The second kappa shape index (κ2) is 5.51. The van der Waals surface area contributed by atoms with Crippen LogP contribution < -0.4 is 0 Å². The molecule has 3 rings (SSSR count). The van der Waals surface area contributed by atoms with E-state index in [4.69, 9.17) is 16.1 Å². The van der Waals surface area contributed by atoms with Crippen LogP contribution in [0.2, 0.25) is 5.02 Å². The van der Waals surface area contributed by atoms with E-state index in [0.717, 1.165) is 23.3 Å². The van der Waals surface area contributed by atoms with E-state index in [2.05, 4.69) is 5.16 Å². The van der Waals surface area contributed by atoms with Gasteiger partial charge in [-0.3, -0.25) is 4.79 Å². The third-order valence-corrected chi connectivity index (χ3v) is 3.55. The Bertz CT molecular complexity index is 646. The van der Waals surface area contributed by atoms with E-state index in [0.29, 0.717) is 18.1 Å². The van der Waals surface area contributed by atoms with Gasteiger partial charge in [0.15, 0.2) is 0 Å². The molecule has 0 fully saturated rings. The van der Waals surface area contributed by atoms with Gasteiger partial charge in [-0.05, 0) is 23.8 Å². The van der Waals surface area contributed by atoms with E-state index in [-0.39, 0.29) is 5.91 Å². The van der Waals surface area contributed by atoms with Crippen LogP contribution in [-0.2, 0) is 17.8 Å². The van der Waals surface area contributed by atoms with Crippen LogP contribution in [0, 0.1) is 0 Å². The molecule has 0 N–H and O–H groups in total. The summed E-state index contributed by atoms with van der Waals surface area (Å²) in [7, 11) is 0. The summed E-state index contributed by atoms with van der Waals surface area (Å²) >= 11 is 5.82. The molecule has 1 aliphatic rings. The molecule has 1 aromatic heterocycles. The first-order valence-electron chi connectivity index (χ1n) is 6.37. The fourth-order valence-corrected chi connectivity index (χ4v) is 2.30. The van der Waals surface area contributed by atoms with Crippen LogP contribution in [0.25, 0.3) is 6.08 Å². The molecule has 0 radical (unpaired) electrons. The smallest absolute Gasteiger partial charge is 0.246 e. The Morgan fingerprint density at radius 1 is 1.35 bits per heavy atom. The maximum Gasteiger partial charge on any atom is 0.246 e. The van der Waals surface area contributed by atoms with Crippen molar-refractivity contribution in [3.63, 3.8) is 0 Å². The lowest BCUT2D eigenvalue weighted by Crippen LogP contribution is -2.34. The van der Waals surface area contributed by atoms with E-state index in [1.807, 2.05) is 12.1 Å². The number of benzene rings is 1. The third-order valence-electron chi connectivity index (χ3n) is 3.30. The van der Waals surface area contributed by atoms with Crippen molar-refractivity contribution in [2.45, 2.75) is 13.0 Å². The lowest BCUT2D eigenvalue weighted by Gasteiger charge is -2.24. The maximum absolute atomic E-state index is 12.1. The van der Waals surface area contributed by atoms with Crippen molar-refractivity contribution in [2.24, 2.45) is 0 Å². The minimum absolute atomic E-state index is 0.00759. The number of carbonyl (C=O) groups excluding carboxylic acids is 1. The fourth-order valence-electron chi connectivity index (χ4n) is 2.18.